The van der Waals surface area contributed by atoms with Crippen molar-refractivity contribution in [3.8, 4) is 0 Å². The van der Waals surface area contributed by atoms with Crippen molar-refractivity contribution < 1.29 is 22.8 Å². The molecule has 1 aliphatic rings. The van der Waals surface area contributed by atoms with Gasteiger partial charge in [0.05, 0.1) is 5.56 Å². The average molecular weight is 565 g/mol. The molecule has 1 aliphatic heterocycles. The third-order valence-electron chi connectivity index (χ3n) is 5.90. The first-order chi connectivity index (χ1) is 16.7. The lowest BCUT2D eigenvalue weighted by Crippen LogP contribution is -2.48. The topological polar surface area (TPSA) is 104 Å². The minimum atomic E-state index is -3.92. The predicted molar refractivity (Wildman–Crippen MR) is 136 cm³/mol. The highest BCUT2D eigenvalue weighted by atomic mass is 79.9. The number of unbranched alkanes of at least 4 members (excludes halogenated alkanes) is 1. The van der Waals surface area contributed by atoms with Crippen LogP contribution in [0.3, 0.4) is 0 Å². The monoisotopic (exact) mass is 563 g/mol. The molecule has 0 aromatic heterocycles. The Bertz CT molecular complexity index is 1200. The number of sulfonamides is 1. The largest absolute Gasteiger partial charge is 0.354 e. The summed E-state index contributed by atoms with van der Waals surface area (Å²) < 4.78 is 27.2. The number of fused-ring (bicyclic) bond motifs is 1. The fourth-order valence-corrected chi connectivity index (χ4v) is 5.97. The smallest absolute Gasteiger partial charge is 0.269 e. The second kappa shape index (κ2) is 11.8. The summed E-state index contributed by atoms with van der Waals surface area (Å²) in [6, 6.07) is 12.9. The molecule has 0 saturated heterocycles. The fraction of sp³-hybridized carbons (Fsp3) is 0.400. The Hall–Kier alpha value is -2.72. The highest BCUT2D eigenvalue weighted by molar-refractivity contribution is 9.10. The van der Waals surface area contributed by atoms with Crippen LogP contribution >= 0.6 is 15.9 Å². The third-order valence-corrected chi connectivity index (χ3v) is 8.24. The normalized spacial score (nSPS) is 14.9. The summed E-state index contributed by atoms with van der Waals surface area (Å²) >= 11 is 3.43. The van der Waals surface area contributed by atoms with Gasteiger partial charge in [0.15, 0.2) is 0 Å². The number of amides is 3. The van der Waals surface area contributed by atoms with E-state index in [-0.39, 0.29) is 48.2 Å². The highest BCUT2D eigenvalue weighted by Crippen LogP contribution is 2.30. The zero-order valence-electron chi connectivity index (χ0n) is 19.9. The fourth-order valence-electron chi connectivity index (χ4n) is 3.92. The van der Waals surface area contributed by atoms with Crippen molar-refractivity contribution in [1.29, 1.82) is 0 Å². The minimum absolute atomic E-state index is 0.00374. The summed E-state index contributed by atoms with van der Waals surface area (Å²) in [6.07, 6.45) is 1.93. The second-order valence-corrected chi connectivity index (χ2v) is 11.2. The number of carbonyl (C=O) groups is 3. The molecule has 35 heavy (non-hydrogen) atoms. The number of nitrogens with one attached hydrogen (secondary N) is 1. The molecule has 3 amide bonds. The lowest BCUT2D eigenvalue weighted by molar-refractivity contribution is -0.140. The molecular formula is C25H30BrN3O5S. The molecule has 2 aromatic carbocycles. The molecule has 3 rings (SSSR count). The Kier molecular flexibility index (Phi) is 9.07. The van der Waals surface area contributed by atoms with Crippen LogP contribution in [0.5, 0.6) is 0 Å². The molecule has 188 valence electrons. The van der Waals surface area contributed by atoms with E-state index in [0.29, 0.717) is 6.54 Å². The summed E-state index contributed by atoms with van der Waals surface area (Å²) in [6.45, 7) is 4.37. The van der Waals surface area contributed by atoms with Gasteiger partial charge in [-0.1, -0.05) is 53.5 Å². The van der Waals surface area contributed by atoms with Crippen molar-refractivity contribution in [2.75, 3.05) is 13.1 Å². The molecular weight excluding hydrogens is 534 g/mol. The lowest BCUT2D eigenvalue weighted by atomic mass is 10.1. The van der Waals surface area contributed by atoms with Crippen LogP contribution in [0.4, 0.5) is 0 Å². The summed E-state index contributed by atoms with van der Waals surface area (Å²) in [7, 11) is -3.92. The molecule has 0 bridgehead atoms. The molecule has 1 heterocycles. The van der Waals surface area contributed by atoms with E-state index in [1.807, 2.05) is 31.2 Å². The van der Waals surface area contributed by atoms with Gasteiger partial charge in [0.25, 0.3) is 15.9 Å². The number of hydrogen-bond acceptors (Lipinski definition) is 5. The molecule has 1 atom stereocenters. The van der Waals surface area contributed by atoms with Crippen LogP contribution in [0.1, 0.15) is 55.5 Å². The maximum atomic E-state index is 13.2. The third kappa shape index (κ3) is 6.29. The first kappa shape index (κ1) is 26.9. The molecule has 10 heteroatoms. The van der Waals surface area contributed by atoms with E-state index in [2.05, 4.69) is 21.2 Å². The second-order valence-electron chi connectivity index (χ2n) is 8.45. The highest BCUT2D eigenvalue weighted by Gasteiger charge is 2.40. The average Bonchev–Trinajstić information content (AvgIpc) is 3.02. The number of rotatable bonds is 11. The van der Waals surface area contributed by atoms with Gasteiger partial charge in [-0.3, -0.25) is 14.4 Å². The zero-order valence-corrected chi connectivity index (χ0v) is 22.3. The van der Waals surface area contributed by atoms with Gasteiger partial charge in [0.2, 0.25) is 11.8 Å². The Balaban J connectivity index is 1.69. The van der Waals surface area contributed by atoms with Crippen molar-refractivity contribution in [1.82, 2.24) is 14.5 Å². The molecule has 1 N–H and O–H groups in total. The molecule has 0 saturated carbocycles. The van der Waals surface area contributed by atoms with Crippen LogP contribution in [-0.2, 0) is 26.2 Å². The molecule has 0 unspecified atom stereocenters. The predicted octanol–water partition coefficient (Wildman–Crippen LogP) is 3.71. The van der Waals surface area contributed by atoms with Crippen molar-refractivity contribution in [3.05, 3.63) is 64.1 Å². The standard InChI is InChI=1S/C25H30BrN3O5S/c1-3-4-14-27-24(31)18(2)28(17-19-9-7-10-20(26)16-19)23(30)13-8-15-29-25(32)21-11-5-6-12-22(21)35(29,33)34/h5-7,9-12,16,18H,3-4,8,13-15,17H2,1-2H3,(H,27,31)/t18-/m0/s1. The summed E-state index contributed by atoms with van der Waals surface area (Å²) in [5, 5.41) is 2.87. The van der Waals surface area contributed by atoms with Crippen LogP contribution in [0.25, 0.3) is 0 Å². The van der Waals surface area contributed by atoms with Gasteiger partial charge in [0.1, 0.15) is 10.9 Å². The maximum absolute atomic E-state index is 13.2. The van der Waals surface area contributed by atoms with Crippen molar-refractivity contribution in [2.24, 2.45) is 0 Å². The van der Waals surface area contributed by atoms with E-state index in [4.69, 9.17) is 0 Å². The van der Waals surface area contributed by atoms with E-state index in [9.17, 15) is 22.8 Å². The first-order valence-corrected chi connectivity index (χ1v) is 13.9. The molecule has 0 radical (unpaired) electrons. The molecule has 0 spiro atoms. The van der Waals surface area contributed by atoms with Gasteiger partial charge in [-0.25, -0.2) is 12.7 Å². The number of nitrogens with zero attached hydrogens (tertiary/aromatic N) is 2. The SMILES string of the molecule is CCCCNC(=O)[C@H](C)N(Cc1cccc(Br)c1)C(=O)CCCN1C(=O)c2ccccc2S1(=O)=O. The van der Waals surface area contributed by atoms with Gasteiger partial charge in [-0.2, -0.15) is 0 Å². The molecule has 0 fully saturated rings. The van der Waals surface area contributed by atoms with Crippen molar-refractivity contribution >= 4 is 43.7 Å². The van der Waals surface area contributed by atoms with Gasteiger partial charge in [-0.05, 0) is 49.6 Å². The van der Waals surface area contributed by atoms with Crippen molar-refractivity contribution in [2.45, 2.75) is 57.0 Å². The van der Waals surface area contributed by atoms with E-state index >= 15 is 0 Å². The van der Waals surface area contributed by atoms with Crippen LogP contribution in [0, 0.1) is 0 Å². The number of carbonyl (C=O) groups excluding carboxylic acids is 3. The minimum Gasteiger partial charge on any atom is -0.354 e. The zero-order chi connectivity index (χ0) is 25.6. The Morgan fingerprint density at radius 1 is 1.11 bits per heavy atom. The quantitative estimate of drug-likeness (QED) is 0.420. The number of halogens is 1. The van der Waals surface area contributed by atoms with Crippen LogP contribution in [-0.4, -0.2) is 54.5 Å². The van der Waals surface area contributed by atoms with Crippen LogP contribution in [0.2, 0.25) is 0 Å². The summed E-state index contributed by atoms with van der Waals surface area (Å²) in [4.78, 5) is 40.0. The van der Waals surface area contributed by atoms with Crippen LogP contribution < -0.4 is 5.32 Å². The molecule has 2 aromatic rings. The van der Waals surface area contributed by atoms with E-state index in [0.717, 1.165) is 27.2 Å². The maximum Gasteiger partial charge on any atom is 0.269 e. The van der Waals surface area contributed by atoms with Crippen LogP contribution in [0.15, 0.2) is 57.9 Å². The van der Waals surface area contributed by atoms with Crippen molar-refractivity contribution in [3.63, 3.8) is 0 Å². The Morgan fingerprint density at radius 2 is 1.86 bits per heavy atom. The molecule has 8 nitrogen and oxygen atoms in total. The van der Waals surface area contributed by atoms with Gasteiger partial charge in [-0.15, -0.1) is 0 Å². The van der Waals surface area contributed by atoms with Gasteiger partial charge >= 0.3 is 0 Å². The molecule has 0 aliphatic carbocycles. The van der Waals surface area contributed by atoms with E-state index in [1.165, 1.54) is 17.0 Å². The Morgan fingerprint density at radius 3 is 2.54 bits per heavy atom. The van der Waals surface area contributed by atoms with E-state index < -0.39 is 22.0 Å². The number of hydrogen-bond donors (Lipinski definition) is 1. The van der Waals surface area contributed by atoms with Gasteiger partial charge < -0.3 is 10.2 Å². The van der Waals surface area contributed by atoms with Gasteiger partial charge in [0, 0.05) is 30.5 Å². The summed E-state index contributed by atoms with van der Waals surface area (Å²) in [5.74, 6) is -1.11. The number of benzene rings is 2. The first-order valence-electron chi connectivity index (χ1n) is 11.6. The van der Waals surface area contributed by atoms with E-state index in [1.54, 1.807) is 19.1 Å². The lowest BCUT2D eigenvalue weighted by Gasteiger charge is -2.29. The summed E-state index contributed by atoms with van der Waals surface area (Å²) in [5.41, 5.74) is 1.00. The Labute approximate surface area is 214 Å².